The van der Waals surface area contributed by atoms with Gasteiger partial charge in [0.2, 0.25) is 5.82 Å². The average molecular weight is 224 g/mol. The third kappa shape index (κ3) is 1.48. The number of nitrogens with two attached hydrogens (primary N) is 1. The molecule has 5 heteroatoms. The van der Waals surface area contributed by atoms with Crippen molar-refractivity contribution in [2.24, 2.45) is 5.73 Å². The predicted octanol–water partition coefficient (Wildman–Crippen LogP) is 1.28. The summed E-state index contributed by atoms with van der Waals surface area (Å²) in [6.07, 6.45) is 3.30. The normalized spacial score (nSPS) is 10.8. The number of hydrogen-bond acceptors (Lipinski definition) is 4. The lowest BCUT2D eigenvalue weighted by Gasteiger charge is -2.02. The zero-order chi connectivity index (χ0) is 11.8. The van der Waals surface area contributed by atoms with Gasteiger partial charge < -0.3 is 5.73 Å². The SMILES string of the molecule is NC(=O)c1ncc2ccc3ncccc3c2n1. The van der Waals surface area contributed by atoms with Gasteiger partial charge in [-0.3, -0.25) is 9.78 Å². The van der Waals surface area contributed by atoms with Crippen molar-refractivity contribution < 1.29 is 4.79 Å². The number of benzene rings is 1. The van der Waals surface area contributed by atoms with E-state index in [1.807, 2.05) is 24.3 Å². The van der Waals surface area contributed by atoms with Gasteiger partial charge in [0.25, 0.3) is 5.91 Å². The fourth-order valence-corrected chi connectivity index (χ4v) is 1.77. The second kappa shape index (κ2) is 3.48. The van der Waals surface area contributed by atoms with Gasteiger partial charge >= 0.3 is 0 Å². The number of fused-ring (bicyclic) bond motifs is 3. The Bertz CT molecular complexity index is 739. The fourth-order valence-electron chi connectivity index (χ4n) is 1.77. The van der Waals surface area contributed by atoms with Crippen molar-refractivity contribution in [2.45, 2.75) is 0 Å². The van der Waals surface area contributed by atoms with Gasteiger partial charge in [-0.25, -0.2) is 9.97 Å². The molecule has 1 amide bonds. The molecule has 0 atom stereocenters. The Morgan fingerprint density at radius 1 is 1.18 bits per heavy atom. The quantitative estimate of drug-likeness (QED) is 0.631. The zero-order valence-electron chi connectivity index (χ0n) is 8.79. The van der Waals surface area contributed by atoms with Crippen LogP contribution in [0.15, 0.2) is 36.7 Å². The lowest BCUT2D eigenvalue weighted by molar-refractivity contribution is 0.0991. The Hall–Kier alpha value is -2.56. The lowest BCUT2D eigenvalue weighted by Crippen LogP contribution is -2.15. The van der Waals surface area contributed by atoms with Crippen LogP contribution in [0.2, 0.25) is 0 Å². The highest BCUT2D eigenvalue weighted by molar-refractivity contribution is 6.04. The van der Waals surface area contributed by atoms with Gasteiger partial charge in [-0.05, 0) is 24.3 Å². The van der Waals surface area contributed by atoms with Gasteiger partial charge in [-0.2, -0.15) is 0 Å². The zero-order valence-corrected chi connectivity index (χ0v) is 8.79. The molecule has 5 nitrogen and oxygen atoms in total. The Morgan fingerprint density at radius 2 is 2.06 bits per heavy atom. The van der Waals surface area contributed by atoms with Gasteiger partial charge in [-0.15, -0.1) is 0 Å². The van der Waals surface area contributed by atoms with E-state index in [0.717, 1.165) is 16.3 Å². The lowest BCUT2D eigenvalue weighted by atomic mass is 10.1. The third-order valence-electron chi connectivity index (χ3n) is 2.55. The van der Waals surface area contributed by atoms with E-state index < -0.39 is 5.91 Å². The molecule has 0 spiro atoms. The molecule has 0 bridgehead atoms. The maximum atomic E-state index is 11.1. The van der Waals surface area contributed by atoms with Gasteiger partial charge in [0.05, 0.1) is 11.0 Å². The molecular formula is C12H8N4O. The van der Waals surface area contributed by atoms with Crippen molar-refractivity contribution in [1.82, 2.24) is 15.0 Å². The smallest absolute Gasteiger partial charge is 0.286 e. The van der Waals surface area contributed by atoms with Gasteiger partial charge in [0.15, 0.2) is 0 Å². The fraction of sp³-hybridized carbons (Fsp3) is 0. The molecule has 3 aromatic rings. The molecule has 17 heavy (non-hydrogen) atoms. The largest absolute Gasteiger partial charge is 0.363 e. The molecule has 0 aliphatic heterocycles. The van der Waals surface area contributed by atoms with E-state index in [9.17, 15) is 4.79 Å². The van der Waals surface area contributed by atoms with Crippen molar-refractivity contribution in [2.75, 3.05) is 0 Å². The monoisotopic (exact) mass is 224 g/mol. The van der Waals surface area contributed by atoms with E-state index in [1.165, 1.54) is 0 Å². The molecule has 0 unspecified atom stereocenters. The standard InChI is InChI=1S/C12H8N4O/c13-11(17)12-15-6-7-3-4-9-8(10(7)16-12)2-1-5-14-9/h1-6H,(H2,13,17). The summed E-state index contributed by atoms with van der Waals surface area (Å²) < 4.78 is 0. The molecule has 3 rings (SSSR count). The summed E-state index contributed by atoms with van der Waals surface area (Å²) in [5, 5.41) is 1.74. The molecule has 0 fully saturated rings. The number of carbonyl (C=O) groups excluding carboxylic acids is 1. The highest BCUT2D eigenvalue weighted by Crippen LogP contribution is 2.21. The third-order valence-corrected chi connectivity index (χ3v) is 2.55. The minimum atomic E-state index is -0.632. The number of amides is 1. The number of carbonyl (C=O) groups is 1. The summed E-state index contributed by atoms with van der Waals surface area (Å²) >= 11 is 0. The summed E-state index contributed by atoms with van der Waals surface area (Å²) in [5.41, 5.74) is 6.69. The number of aromatic nitrogens is 3. The maximum absolute atomic E-state index is 11.1. The van der Waals surface area contributed by atoms with E-state index >= 15 is 0 Å². The minimum absolute atomic E-state index is 0.0221. The van der Waals surface area contributed by atoms with Crippen LogP contribution in [0.4, 0.5) is 0 Å². The average Bonchev–Trinajstić information content (AvgIpc) is 2.38. The van der Waals surface area contributed by atoms with E-state index in [2.05, 4.69) is 15.0 Å². The van der Waals surface area contributed by atoms with Crippen LogP contribution in [-0.4, -0.2) is 20.9 Å². The molecular weight excluding hydrogens is 216 g/mol. The Balaban J connectivity index is 2.46. The van der Waals surface area contributed by atoms with Crippen LogP contribution >= 0.6 is 0 Å². The van der Waals surface area contributed by atoms with Gasteiger partial charge in [0.1, 0.15) is 0 Å². The first-order valence-electron chi connectivity index (χ1n) is 5.06. The van der Waals surface area contributed by atoms with Crippen molar-refractivity contribution in [3.8, 4) is 0 Å². The molecule has 0 aliphatic carbocycles. The van der Waals surface area contributed by atoms with Crippen LogP contribution in [0.1, 0.15) is 10.6 Å². The Labute approximate surface area is 96.3 Å². The first kappa shape index (κ1) is 9.65. The number of primary amides is 1. The highest BCUT2D eigenvalue weighted by Gasteiger charge is 2.07. The van der Waals surface area contributed by atoms with Crippen molar-refractivity contribution in [3.05, 3.63) is 42.5 Å². The molecule has 1 aromatic carbocycles. The van der Waals surface area contributed by atoms with Crippen LogP contribution in [0.5, 0.6) is 0 Å². The second-order valence-electron chi connectivity index (χ2n) is 3.63. The number of hydrogen-bond donors (Lipinski definition) is 1. The summed E-state index contributed by atoms with van der Waals surface area (Å²) in [4.78, 5) is 23.4. The van der Waals surface area contributed by atoms with Crippen LogP contribution < -0.4 is 5.73 Å². The van der Waals surface area contributed by atoms with E-state index in [-0.39, 0.29) is 5.82 Å². The maximum Gasteiger partial charge on any atom is 0.286 e. The van der Waals surface area contributed by atoms with E-state index in [4.69, 9.17) is 5.73 Å². The molecule has 0 saturated carbocycles. The topological polar surface area (TPSA) is 81.8 Å². The first-order chi connectivity index (χ1) is 8.25. The molecule has 0 aliphatic rings. The Morgan fingerprint density at radius 3 is 2.88 bits per heavy atom. The number of nitrogens with zero attached hydrogens (tertiary/aromatic N) is 3. The summed E-state index contributed by atoms with van der Waals surface area (Å²) in [6.45, 7) is 0. The molecule has 0 radical (unpaired) electrons. The van der Waals surface area contributed by atoms with Crippen molar-refractivity contribution in [1.29, 1.82) is 0 Å². The van der Waals surface area contributed by atoms with Crippen LogP contribution in [-0.2, 0) is 0 Å². The van der Waals surface area contributed by atoms with E-state index in [1.54, 1.807) is 12.4 Å². The minimum Gasteiger partial charge on any atom is -0.363 e. The number of pyridine rings is 1. The van der Waals surface area contributed by atoms with Crippen LogP contribution in [0.3, 0.4) is 0 Å². The first-order valence-corrected chi connectivity index (χ1v) is 5.06. The van der Waals surface area contributed by atoms with Crippen LogP contribution in [0, 0.1) is 0 Å². The molecule has 0 saturated heterocycles. The summed E-state index contributed by atoms with van der Waals surface area (Å²) in [5.74, 6) is -0.610. The molecule has 2 N–H and O–H groups in total. The highest BCUT2D eigenvalue weighted by atomic mass is 16.1. The van der Waals surface area contributed by atoms with E-state index in [0.29, 0.717) is 5.52 Å². The summed E-state index contributed by atoms with van der Waals surface area (Å²) in [6, 6.07) is 7.50. The molecule has 2 aromatic heterocycles. The van der Waals surface area contributed by atoms with Gasteiger partial charge in [-0.1, -0.05) is 0 Å². The molecule has 82 valence electrons. The van der Waals surface area contributed by atoms with Crippen molar-refractivity contribution in [3.63, 3.8) is 0 Å². The second-order valence-corrected chi connectivity index (χ2v) is 3.63. The molecule has 2 heterocycles. The van der Waals surface area contributed by atoms with Crippen LogP contribution in [0.25, 0.3) is 21.8 Å². The van der Waals surface area contributed by atoms with Crippen molar-refractivity contribution >= 4 is 27.7 Å². The predicted molar refractivity (Wildman–Crippen MR) is 63.4 cm³/mol. The number of rotatable bonds is 1. The van der Waals surface area contributed by atoms with Gasteiger partial charge in [0, 0.05) is 23.2 Å². The Kier molecular flexibility index (Phi) is 1.98. The summed E-state index contributed by atoms with van der Waals surface area (Å²) in [7, 11) is 0.